The quantitative estimate of drug-likeness (QED) is 0.539. The molecule has 1 N–H and O–H groups in total. The molecule has 0 fully saturated rings. The van der Waals surface area contributed by atoms with E-state index in [0.717, 1.165) is 33.3 Å². The van der Waals surface area contributed by atoms with Crippen molar-refractivity contribution in [1.29, 1.82) is 0 Å². The highest BCUT2D eigenvalue weighted by Gasteiger charge is 2.15. The van der Waals surface area contributed by atoms with Crippen LogP contribution in [0.25, 0.3) is 33.4 Å². The molecule has 2 aromatic carbocycles. The molecule has 5 nitrogen and oxygen atoms in total. The summed E-state index contributed by atoms with van der Waals surface area (Å²) in [5.41, 5.74) is 3.49. The third-order valence-electron chi connectivity index (χ3n) is 4.34. The Morgan fingerprint density at radius 3 is 2.59 bits per heavy atom. The van der Waals surface area contributed by atoms with Crippen molar-refractivity contribution in [2.45, 2.75) is 0 Å². The van der Waals surface area contributed by atoms with E-state index in [-0.39, 0.29) is 0 Å². The molecule has 134 valence electrons. The molecule has 2 aromatic heterocycles. The lowest BCUT2D eigenvalue weighted by atomic mass is 10.0. The first-order valence-corrected chi connectivity index (χ1v) is 8.82. The number of pyridine rings is 1. The second kappa shape index (κ2) is 7.21. The second-order valence-electron chi connectivity index (χ2n) is 5.94. The summed E-state index contributed by atoms with van der Waals surface area (Å²) in [7, 11) is 3.47. The summed E-state index contributed by atoms with van der Waals surface area (Å²) in [4.78, 5) is 13.5. The van der Waals surface area contributed by atoms with Gasteiger partial charge in [-0.2, -0.15) is 0 Å². The van der Waals surface area contributed by atoms with Gasteiger partial charge in [0, 0.05) is 30.6 Å². The number of anilines is 1. The zero-order chi connectivity index (χ0) is 18.8. The predicted molar refractivity (Wildman–Crippen MR) is 109 cm³/mol. The van der Waals surface area contributed by atoms with Crippen LogP contribution >= 0.6 is 11.6 Å². The van der Waals surface area contributed by atoms with E-state index in [0.29, 0.717) is 16.7 Å². The Bertz CT molecular complexity index is 1120. The summed E-state index contributed by atoms with van der Waals surface area (Å²) in [6, 6.07) is 15.5. The maximum Gasteiger partial charge on any atom is 0.163 e. The van der Waals surface area contributed by atoms with Crippen molar-refractivity contribution in [2.24, 2.45) is 0 Å². The molecule has 0 spiro atoms. The molecule has 0 aliphatic heterocycles. The lowest BCUT2D eigenvalue weighted by Crippen LogP contribution is -2.00. The van der Waals surface area contributed by atoms with Gasteiger partial charge in [-0.3, -0.25) is 4.98 Å². The summed E-state index contributed by atoms with van der Waals surface area (Å²) in [5.74, 6) is 2.06. The maximum absolute atomic E-state index is 6.78. The number of nitrogens with zero attached hydrogens (tertiary/aromatic N) is 3. The Morgan fingerprint density at radius 1 is 1.00 bits per heavy atom. The monoisotopic (exact) mass is 376 g/mol. The first-order valence-electron chi connectivity index (χ1n) is 8.44. The van der Waals surface area contributed by atoms with Crippen LogP contribution in [0.5, 0.6) is 5.75 Å². The second-order valence-corrected chi connectivity index (χ2v) is 6.32. The molecule has 2 heterocycles. The Hall–Kier alpha value is -3.18. The molecule has 4 aromatic rings. The van der Waals surface area contributed by atoms with E-state index < -0.39 is 0 Å². The zero-order valence-electron chi connectivity index (χ0n) is 14.9. The summed E-state index contributed by atoms with van der Waals surface area (Å²) in [6.07, 6.45) is 3.47. The molecule has 0 saturated carbocycles. The minimum absolute atomic E-state index is 0.600. The van der Waals surface area contributed by atoms with Crippen LogP contribution in [-0.2, 0) is 0 Å². The average Bonchev–Trinajstić information content (AvgIpc) is 2.73. The van der Waals surface area contributed by atoms with Crippen molar-refractivity contribution in [2.75, 3.05) is 19.5 Å². The zero-order valence-corrected chi connectivity index (χ0v) is 15.7. The van der Waals surface area contributed by atoms with Gasteiger partial charge in [-0.15, -0.1) is 0 Å². The molecular weight excluding hydrogens is 360 g/mol. The fraction of sp³-hybridized carbons (Fsp3) is 0.0952. The van der Waals surface area contributed by atoms with Gasteiger partial charge in [0.1, 0.15) is 11.6 Å². The highest BCUT2D eigenvalue weighted by molar-refractivity contribution is 6.39. The summed E-state index contributed by atoms with van der Waals surface area (Å²) >= 11 is 6.78. The van der Waals surface area contributed by atoms with E-state index in [1.165, 1.54) is 0 Å². The van der Waals surface area contributed by atoms with Crippen LogP contribution in [0.3, 0.4) is 0 Å². The number of ether oxygens (including phenoxy) is 1. The van der Waals surface area contributed by atoms with E-state index in [2.05, 4.69) is 20.3 Å². The van der Waals surface area contributed by atoms with Crippen LogP contribution in [0, 0.1) is 0 Å². The summed E-state index contributed by atoms with van der Waals surface area (Å²) in [6.45, 7) is 0. The van der Waals surface area contributed by atoms with Crippen LogP contribution in [0.1, 0.15) is 0 Å². The third-order valence-corrected chi connectivity index (χ3v) is 4.73. The molecule has 0 amide bonds. The van der Waals surface area contributed by atoms with Crippen LogP contribution < -0.4 is 10.1 Å². The maximum atomic E-state index is 6.78. The van der Waals surface area contributed by atoms with Crippen molar-refractivity contribution in [3.05, 3.63) is 65.9 Å². The molecular formula is C21H17ClN4O. The molecule has 0 bridgehead atoms. The van der Waals surface area contributed by atoms with Crippen molar-refractivity contribution in [3.8, 4) is 28.3 Å². The minimum Gasteiger partial charge on any atom is -0.497 e. The Balaban J connectivity index is 1.92. The summed E-state index contributed by atoms with van der Waals surface area (Å²) < 4.78 is 5.33. The van der Waals surface area contributed by atoms with Crippen molar-refractivity contribution >= 4 is 28.3 Å². The molecule has 0 aliphatic rings. The van der Waals surface area contributed by atoms with Gasteiger partial charge in [-0.25, -0.2) is 9.97 Å². The van der Waals surface area contributed by atoms with E-state index in [4.69, 9.17) is 16.3 Å². The van der Waals surface area contributed by atoms with Crippen molar-refractivity contribution in [1.82, 2.24) is 15.0 Å². The third kappa shape index (κ3) is 3.17. The normalized spacial score (nSPS) is 10.8. The number of fused-ring (bicyclic) bond motifs is 1. The van der Waals surface area contributed by atoms with E-state index in [1.54, 1.807) is 19.5 Å². The van der Waals surface area contributed by atoms with Crippen LogP contribution in [0.15, 0.2) is 60.9 Å². The van der Waals surface area contributed by atoms with Gasteiger partial charge in [0.2, 0.25) is 0 Å². The first-order chi connectivity index (χ1) is 13.2. The van der Waals surface area contributed by atoms with E-state index in [1.807, 2.05) is 55.6 Å². The van der Waals surface area contributed by atoms with Gasteiger partial charge in [0.15, 0.2) is 5.82 Å². The van der Waals surface area contributed by atoms with Gasteiger partial charge in [0.05, 0.1) is 23.0 Å². The fourth-order valence-corrected chi connectivity index (χ4v) is 3.36. The molecule has 4 rings (SSSR count). The van der Waals surface area contributed by atoms with Crippen LogP contribution in [0.2, 0.25) is 5.02 Å². The van der Waals surface area contributed by atoms with Gasteiger partial charge in [-0.1, -0.05) is 29.8 Å². The van der Waals surface area contributed by atoms with Crippen LogP contribution in [0.4, 0.5) is 5.82 Å². The SMILES string of the molecule is CNc1nc(-c2cccnc2)nc2ccc(-c3cccc(OC)c3)c(Cl)c12. The standard InChI is InChI=1S/C21H17ClN4O/c1-23-21-18-17(25-20(26-21)14-6-4-10-24-12-14)9-8-16(19(18)22)13-5-3-7-15(11-13)27-2/h3-12H,1-2H3,(H,23,25,26). The number of nitrogens with one attached hydrogen (secondary N) is 1. The van der Waals surface area contributed by atoms with Gasteiger partial charge < -0.3 is 10.1 Å². The lowest BCUT2D eigenvalue weighted by molar-refractivity contribution is 0.415. The van der Waals surface area contributed by atoms with Gasteiger partial charge >= 0.3 is 0 Å². The molecule has 0 aliphatic carbocycles. The number of rotatable bonds is 4. The number of halogens is 1. The first kappa shape index (κ1) is 17.2. The molecule has 0 radical (unpaired) electrons. The van der Waals surface area contributed by atoms with Gasteiger partial charge in [0.25, 0.3) is 0 Å². The number of aromatic nitrogens is 3. The van der Waals surface area contributed by atoms with Gasteiger partial charge in [-0.05, 0) is 35.9 Å². The number of methoxy groups -OCH3 is 1. The number of hydrogen-bond acceptors (Lipinski definition) is 5. The van der Waals surface area contributed by atoms with E-state index in [9.17, 15) is 0 Å². The number of hydrogen-bond donors (Lipinski definition) is 1. The molecule has 0 atom stereocenters. The predicted octanol–water partition coefficient (Wildman–Crippen LogP) is 5.06. The van der Waals surface area contributed by atoms with Crippen molar-refractivity contribution < 1.29 is 4.74 Å². The van der Waals surface area contributed by atoms with Crippen molar-refractivity contribution in [3.63, 3.8) is 0 Å². The van der Waals surface area contributed by atoms with Crippen LogP contribution in [-0.4, -0.2) is 29.1 Å². The molecule has 27 heavy (non-hydrogen) atoms. The highest BCUT2D eigenvalue weighted by Crippen LogP contribution is 2.38. The smallest absolute Gasteiger partial charge is 0.163 e. The molecule has 0 saturated heterocycles. The molecule has 6 heteroatoms. The number of benzene rings is 2. The van der Waals surface area contributed by atoms with E-state index >= 15 is 0 Å². The largest absolute Gasteiger partial charge is 0.497 e. The summed E-state index contributed by atoms with van der Waals surface area (Å²) in [5, 5.41) is 4.53. The Morgan fingerprint density at radius 2 is 1.85 bits per heavy atom. The molecule has 0 unspecified atom stereocenters. The Labute approximate surface area is 162 Å². The lowest BCUT2D eigenvalue weighted by Gasteiger charge is -2.13. The topological polar surface area (TPSA) is 59.9 Å². The highest BCUT2D eigenvalue weighted by atomic mass is 35.5. The fourth-order valence-electron chi connectivity index (χ4n) is 3.00. The average molecular weight is 377 g/mol. The minimum atomic E-state index is 0.600. The Kier molecular flexibility index (Phi) is 4.60.